The van der Waals surface area contributed by atoms with Gasteiger partial charge in [0.15, 0.2) is 0 Å². The van der Waals surface area contributed by atoms with Crippen molar-refractivity contribution in [1.82, 2.24) is 14.8 Å². The molecule has 1 N–H and O–H groups in total. The minimum Gasteiger partial charge on any atom is -0.351 e. The standard InChI is InChI=1S/C21H23N3O2/c25-20-19(22-21(26)24(20)15-16-7-3-1-4-8-16)13-17-11-12-23(14-17)18-9-5-2-6-10-18/h1,3-4,7-8,11-14,18H,2,5-6,9-10,15H2,(H,22,26)/b19-13+. The van der Waals surface area contributed by atoms with Gasteiger partial charge in [-0.3, -0.25) is 9.69 Å². The number of amides is 3. The second-order valence-corrected chi connectivity index (χ2v) is 7.05. The number of imide groups is 1. The monoisotopic (exact) mass is 349 g/mol. The molecule has 1 aromatic carbocycles. The molecule has 2 aliphatic rings. The quantitative estimate of drug-likeness (QED) is 0.668. The minimum atomic E-state index is -0.364. The molecule has 0 radical (unpaired) electrons. The second-order valence-electron chi connectivity index (χ2n) is 7.05. The third-order valence-electron chi connectivity index (χ3n) is 5.19. The number of carbonyl (C=O) groups is 2. The number of urea groups is 1. The molecule has 134 valence electrons. The molecule has 1 aliphatic carbocycles. The smallest absolute Gasteiger partial charge is 0.329 e. The van der Waals surface area contributed by atoms with Crippen molar-refractivity contribution >= 4 is 18.0 Å². The van der Waals surface area contributed by atoms with Crippen LogP contribution in [0.25, 0.3) is 6.08 Å². The Bertz CT molecular complexity index is 832. The van der Waals surface area contributed by atoms with Gasteiger partial charge in [0.2, 0.25) is 0 Å². The van der Waals surface area contributed by atoms with E-state index in [0.717, 1.165) is 11.1 Å². The van der Waals surface area contributed by atoms with Crippen LogP contribution in [-0.4, -0.2) is 21.4 Å². The van der Waals surface area contributed by atoms with Gasteiger partial charge in [0.25, 0.3) is 5.91 Å². The largest absolute Gasteiger partial charge is 0.351 e. The van der Waals surface area contributed by atoms with Crippen LogP contribution in [0.3, 0.4) is 0 Å². The lowest BCUT2D eigenvalue weighted by Crippen LogP contribution is -2.30. The number of rotatable bonds is 4. The van der Waals surface area contributed by atoms with E-state index in [1.54, 1.807) is 6.08 Å². The first-order chi connectivity index (χ1) is 12.7. The number of hydrogen-bond acceptors (Lipinski definition) is 2. The highest BCUT2D eigenvalue weighted by atomic mass is 16.2. The van der Waals surface area contributed by atoms with Crippen LogP contribution >= 0.6 is 0 Å². The molecule has 0 spiro atoms. The Balaban J connectivity index is 1.48. The number of benzene rings is 1. The van der Waals surface area contributed by atoms with E-state index in [9.17, 15) is 9.59 Å². The van der Waals surface area contributed by atoms with E-state index in [1.165, 1.54) is 37.0 Å². The molecule has 26 heavy (non-hydrogen) atoms. The fourth-order valence-electron chi connectivity index (χ4n) is 3.77. The van der Waals surface area contributed by atoms with Gasteiger partial charge < -0.3 is 9.88 Å². The van der Waals surface area contributed by atoms with Crippen molar-refractivity contribution in [1.29, 1.82) is 0 Å². The summed E-state index contributed by atoms with van der Waals surface area (Å²) in [5.74, 6) is -0.274. The van der Waals surface area contributed by atoms with E-state index >= 15 is 0 Å². The van der Waals surface area contributed by atoms with E-state index in [1.807, 2.05) is 36.4 Å². The number of hydrogen-bond donors (Lipinski definition) is 1. The van der Waals surface area contributed by atoms with Crippen molar-refractivity contribution in [3.8, 4) is 0 Å². The Morgan fingerprint density at radius 1 is 1.04 bits per heavy atom. The van der Waals surface area contributed by atoms with Gasteiger partial charge in [0.1, 0.15) is 5.70 Å². The van der Waals surface area contributed by atoms with E-state index in [-0.39, 0.29) is 18.5 Å². The van der Waals surface area contributed by atoms with Gasteiger partial charge in [0, 0.05) is 18.4 Å². The fraction of sp³-hybridized carbons (Fsp3) is 0.333. The summed E-state index contributed by atoms with van der Waals surface area (Å²) in [6.07, 6.45) is 12.2. The zero-order valence-corrected chi connectivity index (χ0v) is 14.7. The van der Waals surface area contributed by atoms with Gasteiger partial charge in [-0.2, -0.15) is 0 Å². The lowest BCUT2D eigenvalue weighted by molar-refractivity contribution is -0.123. The summed E-state index contributed by atoms with van der Waals surface area (Å²) >= 11 is 0. The lowest BCUT2D eigenvalue weighted by Gasteiger charge is -2.23. The van der Waals surface area contributed by atoms with Gasteiger partial charge in [-0.25, -0.2) is 4.79 Å². The topological polar surface area (TPSA) is 54.3 Å². The Kier molecular flexibility index (Phi) is 4.61. The molecule has 1 aliphatic heterocycles. The van der Waals surface area contributed by atoms with E-state index < -0.39 is 0 Å². The van der Waals surface area contributed by atoms with Gasteiger partial charge in [-0.1, -0.05) is 49.6 Å². The van der Waals surface area contributed by atoms with Gasteiger partial charge in [0.05, 0.1) is 6.54 Å². The first-order valence-corrected chi connectivity index (χ1v) is 9.27. The second kappa shape index (κ2) is 7.20. The summed E-state index contributed by atoms with van der Waals surface area (Å²) in [4.78, 5) is 26.0. The Morgan fingerprint density at radius 2 is 1.81 bits per heavy atom. The number of carbonyl (C=O) groups excluding carboxylic acids is 2. The third kappa shape index (κ3) is 3.43. The van der Waals surface area contributed by atoms with Crippen LogP contribution in [0.1, 0.15) is 49.3 Å². The van der Waals surface area contributed by atoms with Gasteiger partial charge in [-0.05, 0) is 36.1 Å². The maximum atomic E-state index is 12.6. The van der Waals surface area contributed by atoms with Crippen molar-refractivity contribution in [3.05, 3.63) is 65.6 Å². The van der Waals surface area contributed by atoms with Crippen LogP contribution in [0, 0.1) is 0 Å². The van der Waals surface area contributed by atoms with Crippen LogP contribution in [0.4, 0.5) is 4.79 Å². The molecule has 5 nitrogen and oxygen atoms in total. The van der Waals surface area contributed by atoms with Crippen LogP contribution in [0.5, 0.6) is 0 Å². The van der Waals surface area contributed by atoms with Crippen molar-refractivity contribution in [2.75, 3.05) is 0 Å². The maximum Gasteiger partial charge on any atom is 0.329 e. The van der Waals surface area contributed by atoms with Gasteiger partial charge in [-0.15, -0.1) is 0 Å². The molecule has 1 aromatic heterocycles. The summed E-state index contributed by atoms with van der Waals surface area (Å²) in [6.45, 7) is 0.284. The van der Waals surface area contributed by atoms with Crippen molar-refractivity contribution in [2.24, 2.45) is 0 Å². The predicted molar refractivity (Wildman–Crippen MR) is 100 cm³/mol. The van der Waals surface area contributed by atoms with Crippen LogP contribution < -0.4 is 5.32 Å². The number of nitrogens with zero attached hydrogens (tertiary/aromatic N) is 2. The Hall–Kier alpha value is -2.82. The molecule has 0 atom stereocenters. The molecule has 1 saturated heterocycles. The maximum absolute atomic E-state index is 12.6. The summed E-state index contributed by atoms with van der Waals surface area (Å²) in [5, 5.41) is 2.70. The summed E-state index contributed by atoms with van der Waals surface area (Å²) in [5.41, 5.74) is 2.22. The first kappa shape index (κ1) is 16.6. The SMILES string of the molecule is O=C1N/C(=C/c2ccn(C3CCCCC3)c2)C(=O)N1Cc1ccccc1. The molecule has 5 heteroatoms. The predicted octanol–water partition coefficient (Wildman–Crippen LogP) is 4.09. The zero-order valence-electron chi connectivity index (χ0n) is 14.7. The molecular weight excluding hydrogens is 326 g/mol. The van der Waals surface area contributed by atoms with Crippen LogP contribution in [-0.2, 0) is 11.3 Å². The molecule has 2 aromatic rings. The van der Waals surface area contributed by atoms with Crippen molar-refractivity contribution in [3.63, 3.8) is 0 Å². The first-order valence-electron chi connectivity index (χ1n) is 9.27. The number of nitrogens with one attached hydrogen (secondary N) is 1. The van der Waals surface area contributed by atoms with Crippen molar-refractivity contribution in [2.45, 2.75) is 44.7 Å². The van der Waals surface area contributed by atoms with E-state index in [0.29, 0.717) is 11.7 Å². The van der Waals surface area contributed by atoms with Crippen LogP contribution in [0.15, 0.2) is 54.5 Å². The highest BCUT2D eigenvalue weighted by molar-refractivity contribution is 6.13. The molecule has 0 unspecified atom stereocenters. The summed E-state index contributed by atoms with van der Waals surface area (Å²) < 4.78 is 2.24. The molecule has 4 rings (SSSR count). The zero-order chi connectivity index (χ0) is 17.9. The average molecular weight is 349 g/mol. The van der Waals surface area contributed by atoms with Crippen LogP contribution in [0.2, 0.25) is 0 Å². The lowest BCUT2D eigenvalue weighted by atomic mass is 9.95. The fourth-order valence-corrected chi connectivity index (χ4v) is 3.77. The summed E-state index contributed by atoms with van der Waals surface area (Å²) in [6, 6.07) is 11.7. The Morgan fingerprint density at radius 3 is 2.58 bits per heavy atom. The highest BCUT2D eigenvalue weighted by Crippen LogP contribution is 2.29. The number of aromatic nitrogens is 1. The normalized spacial score (nSPS) is 20.0. The minimum absolute atomic E-state index is 0.274. The molecule has 0 bridgehead atoms. The van der Waals surface area contributed by atoms with Gasteiger partial charge >= 0.3 is 6.03 Å². The Labute approximate surface area is 153 Å². The highest BCUT2D eigenvalue weighted by Gasteiger charge is 2.33. The molecule has 1 saturated carbocycles. The third-order valence-corrected chi connectivity index (χ3v) is 5.19. The average Bonchev–Trinajstić information content (AvgIpc) is 3.24. The molecule has 3 amide bonds. The molecule has 2 fully saturated rings. The van der Waals surface area contributed by atoms with Crippen molar-refractivity contribution < 1.29 is 9.59 Å². The van der Waals surface area contributed by atoms with E-state index in [2.05, 4.69) is 22.3 Å². The summed E-state index contributed by atoms with van der Waals surface area (Å²) in [7, 11) is 0. The van der Waals surface area contributed by atoms with E-state index in [4.69, 9.17) is 0 Å². The molecule has 2 heterocycles. The molecular formula is C21H23N3O2.